The molecule has 96 valence electrons. The summed E-state index contributed by atoms with van der Waals surface area (Å²) in [6.07, 6.45) is 0. The Morgan fingerprint density at radius 1 is 1.24 bits per heavy atom. The summed E-state index contributed by atoms with van der Waals surface area (Å²) in [5.41, 5.74) is 0.473. The first-order valence-electron chi connectivity index (χ1n) is 5.40. The van der Waals surface area contributed by atoms with E-state index >= 15 is 0 Å². The Morgan fingerprint density at radius 2 is 1.94 bits per heavy atom. The van der Waals surface area contributed by atoms with Gasteiger partial charge < -0.3 is 9.47 Å². The van der Waals surface area contributed by atoms with Crippen molar-refractivity contribution in [3.63, 3.8) is 0 Å². The third-order valence-electron chi connectivity index (χ3n) is 1.89. The lowest BCUT2D eigenvalue weighted by Gasteiger charge is -2.19. The maximum Gasteiger partial charge on any atom is 0.213 e. The molecule has 0 aliphatic heterocycles. The highest BCUT2D eigenvalue weighted by Crippen LogP contribution is 2.19. The van der Waals surface area contributed by atoms with Gasteiger partial charge in [-0.1, -0.05) is 11.6 Å². The molecule has 0 aliphatic rings. The lowest BCUT2D eigenvalue weighted by Crippen LogP contribution is -2.22. The monoisotopic (exact) mass is 277 g/mol. The molecule has 0 amide bonds. The number of aromatic nitrogens is 1. The first kappa shape index (κ1) is 14.6. The topological polar surface area (TPSA) is 31.4 Å². The smallest absolute Gasteiger partial charge is 0.213 e. The number of halogens is 2. The molecule has 0 N–H and O–H groups in total. The van der Waals surface area contributed by atoms with Crippen molar-refractivity contribution in [2.75, 3.05) is 13.2 Å². The van der Waals surface area contributed by atoms with E-state index < -0.39 is 0 Å². The summed E-state index contributed by atoms with van der Waals surface area (Å²) in [5, 5.41) is 0.554. The number of hydrogen-bond acceptors (Lipinski definition) is 3. The molecule has 1 heterocycles. The number of nitrogens with zero attached hydrogens (tertiary/aromatic N) is 1. The second-order valence-corrected chi connectivity index (χ2v) is 5.20. The van der Waals surface area contributed by atoms with Crippen LogP contribution in [0.3, 0.4) is 0 Å². The molecule has 0 saturated heterocycles. The van der Waals surface area contributed by atoms with E-state index in [-0.39, 0.29) is 11.5 Å². The van der Waals surface area contributed by atoms with Crippen molar-refractivity contribution < 1.29 is 9.47 Å². The quantitative estimate of drug-likeness (QED) is 0.608. The number of alkyl halides is 1. The van der Waals surface area contributed by atoms with E-state index in [0.717, 1.165) is 0 Å². The summed E-state index contributed by atoms with van der Waals surface area (Å²) in [5.74, 6) is 0.789. The summed E-state index contributed by atoms with van der Waals surface area (Å²) < 4.78 is 11.0. The van der Waals surface area contributed by atoms with E-state index in [1.54, 1.807) is 12.1 Å². The fraction of sp³-hybridized carbons (Fsp3) is 0.583. The van der Waals surface area contributed by atoms with Crippen LogP contribution >= 0.6 is 23.2 Å². The lowest BCUT2D eigenvalue weighted by atomic mass is 10.2. The average molecular weight is 278 g/mol. The van der Waals surface area contributed by atoms with Crippen molar-refractivity contribution in [2.24, 2.45) is 0 Å². The highest BCUT2D eigenvalue weighted by atomic mass is 35.5. The minimum atomic E-state index is -0.155. The maximum atomic E-state index is 5.89. The molecule has 0 aliphatic carbocycles. The molecule has 0 fully saturated rings. The Balaban J connectivity index is 2.42. The molecule has 0 unspecified atom stereocenters. The second-order valence-electron chi connectivity index (χ2n) is 4.52. The van der Waals surface area contributed by atoms with Gasteiger partial charge in [-0.15, -0.1) is 11.6 Å². The fourth-order valence-electron chi connectivity index (χ4n) is 1.13. The van der Waals surface area contributed by atoms with Gasteiger partial charge in [0.1, 0.15) is 6.61 Å². The molecule has 5 heteroatoms. The van der Waals surface area contributed by atoms with Crippen LogP contribution in [0.2, 0.25) is 5.02 Å². The highest BCUT2D eigenvalue weighted by molar-refractivity contribution is 6.32. The van der Waals surface area contributed by atoms with Crippen molar-refractivity contribution in [1.82, 2.24) is 4.98 Å². The van der Waals surface area contributed by atoms with Gasteiger partial charge in [-0.2, -0.15) is 0 Å². The first-order chi connectivity index (χ1) is 7.92. The molecule has 0 radical (unpaired) electrons. The molecule has 1 rings (SSSR count). The molecule has 1 aromatic rings. The van der Waals surface area contributed by atoms with Crippen LogP contribution in [0.15, 0.2) is 12.1 Å². The molecule has 0 aromatic carbocycles. The van der Waals surface area contributed by atoms with Crippen LogP contribution < -0.4 is 4.74 Å². The number of hydrogen-bond donors (Lipinski definition) is 0. The van der Waals surface area contributed by atoms with Gasteiger partial charge in [0.25, 0.3) is 0 Å². The van der Waals surface area contributed by atoms with Crippen molar-refractivity contribution in [3.05, 3.63) is 22.8 Å². The summed E-state index contributed by atoms with van der Waals surface area (Å²) in [6, 6.07) is 3.45. The van der Waals surface area contributed by atoms with Gasteiger partial charge in [-0.3, -0.25) is 0 Å². The van der Waals surface area contributed by atoms with Crippen molar-refractivity contribution in [1.29, 1.82) is 0 Å². The number of rotatable bonds is 5. The van der Waals surface area contributed by atoms with Crippen molar-refractivity contribution in [2.45, 2.75) is 32.3 Å². The normalized spacial score (nSPS) is 11.6. The molecule has 0 spiro atoms. The van der Waals surface area contributed by atoms with Crippen LogP contribution in [-0.2, 0) is 10.6 Å². The van der Waals surface area contributed by atoms with Crippen LogP contribution in [0.1, 0.15) is 26.5 Å². The van der Waals surface area contributed by atoms with Crippen LogP contribution in [0.5, 0.6) is 5.88 Å². The summed E-state index contributed by atoms with van der Waals surface area (Å²) in [4.78, 5) is 4.18. The highest BCUT2D eigenvalue weighted by Gasteiger charge is 2.09. The molecule has 1 aromatic heterocycles. The van der Waals surface area contributed by atoms with Gasteiger partial charge in [0.2, 0.25) is 5.88 Å². The molecular weight excluding hydrogens is 261 g/mol. The van der Waals surface area contributed by atoms with Crippen LogP contribution in [0.25, 0.3) is 0 Å². The van der Waals surface area contributed by atoms with E-state index in [1.165, 1.54) is 0 Å². The molecule has 0 saturated carbocycles. The maximum absolute atomic E-state index is 5.89. The first-order valence-corrected chi connectivity index (χ1v) is 6.32. The summed E-state index contributed by atoms with van der Waals surface area (Å²) in [7, 11) is 0. The molecule has 0 atom stereocenters. The van der Waals surface area contributed by atoms with Gasteiger partial charge in [-0.25, -0.2) is 4.98 Å². The van der Waals surface area contributed by atoms with Crippen LogP contribution in [0, 0.1) is 0 Å². The molecular formula is C12H17Cl2NO2. The standard InChI is InChI=1S/C12H17Cl2NO2/c1-12(2,3)17-7-6-16-11-5-4-9(14)10(8-13)15-11/h4-5H,6-8H2,1-3H3. The Kier molecular flexibility index (Phi) is 5.50. The van der Waals surface area contributed by atoms with Gasteiger partial charge >= 0.3 is 0 Å². The largest absolute Gasteiger partial charge is 0.475 e. The third kappa shape index (κ3) is 5.57. The zero-order valence-corrected chi connectivity index (χ0v) is 11.8. The third-order valence-corrected chi connectivity index (χ3v) is 2.49. The fourth-order valence-corrected chi connectivity index (χ4v) is 1.58. The van der Waals surface area contributed by atoms with Crippen LogP contribution in [0.4, 0.5) is 0 Å². The SMILES string of the molecule is CC(C)(C)OCCOc1ccc(Cl)c(CCl)n1. The molecule has 17 heavy (non-hydrogen) atoms. The van der Waals surface area contributed by atoms with Gasteiger partial charge in [0.05, 0.1) is 28.8 Å². The van der Waals surface area contributed by atoms with Gasteiger partial charge in [0.15, 0.2) is 0 Å². The van der Waals surface area contributed by atoms with Crippen molar-refractivity contribution in [3.8, 4) is 5.88 Å². The Hall–Kier alpha value is -0.510. The van der Waals surface area contributed by atoms with Gasteiger partial charge in [-0.05, 0) is 26.8 Å². The summed E-state index contributed by atoms with van der Waals surface area (Å²) >= 11 is 11.6. The Labute approximate surface area is 112 Å². The Morgan fingerprint density at radius 3 is 2.53 bits per heavy atom. The number of ether oxygens (including phenoxy) is 2. The lowest BCUT2D eigenvalue weighted by molar-refractivity contribution is -0.0168. The number of pyridine rings is 1. The predicted molar refractivity (Wildman–Crippen MR) is 70.0 cm³/mol. The van der Waals surface area contributed by atoms with E-state index in [4.69, 9.17) is 32.7 Å². The zero-order chi connectivity index (χ0) is 12.9. The predicted octanol–water partition coefficient (Wildman–Crippen LogP) is 3.67. The minimum Gasteiger partial charge on any atom is -0.475 e. The van der Waals surface area contributed by atoms with E-state index in [0.29, 0.717) is 29.8 Å². The van der Waals surface area contributed by atoms with E-state index in [2.05, 4.69) is 4.98 Å². The Bertz CT molecular complexity index is 364. The summed E-state index contributed by atoms with van der Waals surface area (Å²) in [6.45, 7) is 6.97. The molecule has 0 bridgehead atoms. The average Bonchev–Trinajstić information content (AvgIpc) is 2.25. The van der Waals surface area contributed by atoms with Crippen molar-refractivity contribution >= 4 is 23.2 Å². The zero-order valence-electron chi connectivity index (χ0n) is 10.3. The van der Waals surface area contributed by atoms with Gasteiger partial charge in [0, 0.05) is 6.07 Å². The second kappa shape index (κ2) is 6.43. The molecule has 3 nitrogen and oxygen atoms in total. The minimum absolute atomic E-state index is 0.155. The van der Waals surface area contributed by atoms with Crippen LogP contribution in [-0.4, -0.2) is 23.8 Å². The van der Waals surface area contributed by atoms with E-state index in [1.807, 2.05) is 20.8 Å². The van der Waals surface area contributed by atoms with E-state index in [9.17, 15) is 0 Å².